The molecule has 0 aliphatic heterocycles. The smallest absolute Gasteiger partial charge is 0.192 e. The van der Waals surface area contributed by atoms with Crippen molar-refractivity contribution in [2.45, 2.75) is 141 Å². The van der Waals surface area contributed by atoms with Crippen LogP contribution in [0.4, 0.5) is 0 Å². The first-order valence-corrected chi connectivity index (χ1v) is 17.7. The van der Waals surface area contributed by atoms with Gasteiger partial charge in [-0.3, -0.25) is 0 Å². The molecule has 4 nitrogen and oxygen atoms in total. The third kappa shape index (κ3) is 8.17. The number of hydrogen-bond donors (Lipinski definition) is 2. The first kappa shape index (κ1) is 28.0. The van der Waals surface area contributed by atoms with E-state index in [0.717, 1.165) is 19.3 Å². The van der Waals surface area contributed by atoms with Crippen molar-refractivity contribution in [2.24, 2.45) is 0 Å². The fourth-order valence-corrected chi connectivity index (χ4v) is 5.99. The molecule has 2 N–H and O–H groups in total. The zero-order chi connectivity index (χ0) is 23.4. The standard InChI is InChI=1S/C24H50O4Si2/c1-23(2,3)29(7,8)27-21-16-14-12-11-13-15-19(25)20(26)17-18-22(21)28-30(9,10)24(4,5)6/h11-12,19-22,25-26H,13-18H2,1-10H3/b12-11-/t19-,20-,21+,22+/m0/s1. The van der Waals surface area contributed by atoms with Gasteiger partial charge in [-0.1, -0.05) is 53.7 Å². The van der Waals surface area contributed by atoms with E-state index in [-0.39, 0.29) is 22.3 Å². The molecule has 30 heavy (non-hydrogen) atoms. The Balaban J connectivity index is 3.24. The molecular weight excluding hydrogens is 408 g/mol. The third-order valence-corrected chi connectivity index (χ3v) is 16.5. The van der Waals surface area contributed by atoms with Gasteiger partial charge >= 0.3 is 0 Å². The van der Waals surface area contributed by atoms with Crippen LogP contribution >= 0.6 is 0 Å². The summed E-state index contributed by atoms with van der Waals surface area (Å²) in [5.74, 6) is 0. The summed E-state index contributed by atoms with van der Waals surface area (Å²) < 4.78 is 13.9. The zero-order valence-corrected chi connectivity index (χ0v) is 23.4. The summed E-state index contributed by atoms with van der Waals surface area (Å²) in [5.41, 5.74) is 0. The van der Waals surface area contributed by atoms with Crippen LogP contribution in [0.1, 0.15) is 80.1 Å². The number of hydrogen-bond acceptors (Lipinski definition) is 4. The molecule has 0 aromatic carbocycles. The maximum Gasteiger partial charge on any atom is 0.192 e. The summed E-state index contributed by atoms with van der Waals surface area (Å²) in [7, 11) is -3.99. The quantitative estimate of drug-likeness (QED) is 0.378. The van der Waals surface area contributed by atoms with E-state index in [1.54, 1.807) is 0 Å². The second kappa shape index (κ2) is 10.8. The molecule has 1 aliphatic carbocycles. The molecule has 4 atom stereocenters. The van der Waals surface area contributed by atoms with Crippen LogP contribution in [0.15, 0.2) is 12.2 Å². The summed E-state index contributed by atoms with van der Waals surface area (Å²) in [6.07, 6.45) is 7.44. The number of aliphatic hydroxyl groups excluding tert-OH is 2. The summed E-state index contributed by atoms with van der Waals surface area (Å²) in [6, 6.07) is 0. The van der Waals surface area contributed by atoms with Crippen LogP contribution in [-0.2, 0) is 8.85 Å². The lowest BCUT2D eigenvalue weighted by Crippen LogP contribution is -2.52. The molecule has 6 heteroatoms. The molecule has 0 unspecified atom stereocenters. The van der Waals surface area contributed by atoms with E-state index in [1.807, 2.05) is 0 Å². The van der Waals surface area contributed by atoms with Crippen molar-refractivity contribution in [3.63, 3.8) is 0 Å². The van der Waals surface area contributed by atoms with E-state index in [2.05, 4.69) is 79.9 Å². The van der Waals surface area contributed by atoms with E-state index >= 15 is 0 Å². The monoisotopic (exact) mass is 458 g/mol. The van der Waals surface area contributed by atoms with Gasteiger partial charge in [-0.15, -0.1) is 0 Å². The average Bonchev–Trinajstić information content (AvgIpc) is 2.56. The highest BCUT2D eigenvalue weighted by Crippen LogP contribution is 2.41. The molecule has 0 heterocycles. The largest absolute Gasteiger partial charge is 0.411 e. The summed E-state index contributed by atoms with van der Waals surface area (Å²) in [4.78, 5) is 0. The predicted molar refractivity (Wildman–Crippen MR) is 133 cm³/mol. The van der Waals surface area contributed by atoms with Gasteiger partial charge in [0.2, 0.25) is 0 Å². The Labute approximate surface area is 188 Å². The Bertz CT molecular complexity index is 546. The number of aliphatic hydroxyl groups is 2. The van der Waals surface area contributed by atoms with Crippen LogP contribution in [0.2, 0.25) is 36.3 Å². The molecule has 0 spiro atoms. The van der Waals surface area contributed by atoms with Crippen LogP contribution in [0.5, 0.6) is 0 Å². The first-order valence-electron chi connectivity index (χ1n) is 11.8. The Morgan fingerprint density at radius 2 is 1.00 bits per heavy atom. The predicted octanol–water partition coefficient (Wildman–Crippen LogP) is 6.40. The lowest BCUT2D eigenvalue weighted by molar-refractivity contribution is -0.0152. The van der Waals surface area contributed by atoms with Gasteiger partial charge < -0.3 is 19.1 Å². The van der Waals surface area contributed by atoms with Gasteiger partial charge in [0.15, 0.2) is 16.6 Å². The second-order valence-electron chi connectivity index (χ2n) is 12.2. The van der Waals surface area contributed by atoms with Crippen LogP contribution in [-0.4, -0.2) is 51.3 Å². The highest BCUT2D eigenvalue weighted by atomic mass is 28.4. The van der Waals surface area contributed by atoms with Crippen molar-refractivity contribution in [1.82, 2.24) is 0 Å². The molecule has 0 aromatic rings. The van der Waals surface area contributed by atoms with Gasteiger partial charge in [0, 0.05) is 0 Å². The molecular formula is C24H50O4Si2. The van der Waals surface area contributed by atoms with Crippen LogP contribution in [0, 0.1) is 0 Å². The fourth-order valence-electron chi connectivity index (χ4n) is 3.23. The van der Waals surface area contributed by atoms with Crippen molar-refractivity contribution >= 4 is 16.6 Å². The van der Waals surface area contributed by atoms with E-state index in [1.165, 1.54) is 0 Å². The highest BCUT2D eigenvalue weighted by molar-refractivity contribution is 6.74. The van der Waals surface area contributed by atoms with Gasteiger partial charge in [0.1, 0.15) is 0 Å². The minimum atomic E-state index is -2.01. The molecule has 0 saturated carbocycles. The van der Waals surface area contributed by atoms with Crippen molar-refractivity contribution in [3.8, 4) is 0 Å². The topological polar surface area (TPSA) is 58.9 Å². The highest BCUT2D eigenvalue weighted by Gasteiger charge is 2.44. The van der Waals surface area contributed by atoms with E-state index in [4.69, 9.17) is 8.85 Å². The molecule has 0 fully saturated rings. The van der Waals surface area contributed by atoms with Crippen LogP contribution in [0.25, 0.3) is 0 Å². The Hall–Kier alpha value is 0.0138. The van der Waals surface area contributed by atoms with E-state index < -0.39 is 28.8 Å². The minimum Gasteiger partial charge on any atom is -0.411 e. The van der Waals surface area contributed by atoms with E-state index in [9.17, 15) is 10.2 Å². The Morgan fingerprint density at radius 1 is 0.633 bits per heavy atom. The van der Waals surface area contributed by atoms with Crippen LogP contribution < -0.4 is 0 Å². The van der Waals surface area contributed by atoms with Gasteiger partial charge in [-0.2, -0.15) is 0 Å². The van der Waals surface area contributed by atoms with Gasteiger partial charge in [-0.25, -0.2) is 0 Å². The molecule has 1 aliphatic rings. The van der Waals surface area contributed by atoms with Gasteiger partial charge in [0.05, 0.1) is 24.4 Å². The fraction of sp³-hybridized carbons (Fsp3) is 0.917. The van der Waals surface area contributed by atoms with Crippen molar-refractivity contribution in [3.05, 3.63) is 12.2 Å². The summed E-state index contributed by atoms with van der Waals surface area (Å²) in [6.45, 7) is 22.8. The maximum absolute atomic E-state index is 10.5. The summed E-state index contributed by atoms with van der Waals surface area (Å²) in [5, 5.41) is 21.1. The lowest BCUT2D eigenvalue weighted by Gasteiger charge is -2.45. The Morgan fingerprint density at radius 3 is 1.43 bits per heavy atom. The SMILES string of the molecule is CC(C)(C)[Si](C)(C)O[C@@H]1CC/C=C\CC[C@H](O)[C@@H](O)CC[C@H]1O[Si](C)(C)C(C)(C)C. The first-order chi connectivity index (χ1) is 13.5. The van der Waals surface area contributed by atoms with Crippen molar-refractivity contribution in [1.29, 1.82) is 0 Å². The van der Waals surface area contributed by atoms with Crippen molar-refractivity contribution in [2.75, 3.05) is 0 Å². The molecule has 0 aromatic heterocycles. The zero-order valence-electron chi connectivity index (χ0n) is 21.4. The molecule has 1 rings (SSSR count). The van der Waals surface area contributed by atoms with Crippen LogP contribution in [0.3, 0.4) is 0 Å². The normalized spacial score (nSPS) is 29.7. The molecule has 178 valence electrons. The Kier molecular flexibility index (Phi) is 10.1. The molecule has 0 amide bonds. The van der Waals surface area contributed by atoms with Crippen molar-refractivity contribution < 1.29 is 19.1 Å². The minimum absolute atomic E-state index is 0.00781. The summed E-state index contributed by atoms with van der Waals surface area (Å²) >= 11 is 0. The maximum atomic E-state index is 10.5. The number of allylic oxidation sites excluding steroid dienone is 2. The molecule has 0 radical (unpaired) electrons. The van der Waals surface area contributed by atoms with E-state index in [0.29, 0.717) is 19.3 Å². The molecule has 0 bridgehead atoms. The van der Waals surface area contributed by atoms with Gasteiger partial charge in [0.25, 0.3) is 0 Å². The number of rotatable bonds is 4. The molecule has 0 saturated heterocycles. The van der Waals surface area contributed by atoms with Gasteiger partial charge in [-0.05, 0) is 74.8 Å². The second-order valence-corrected chi connectivity index (χ2v) is 21.7. The lowest BCUT2D eigenvalue weighted by atomic mass is 9.97. The third-order valence-electron chi connectivity index (χ3n) is 7.52. The average molecular weight is 459 g/mol.